The number of nitrogens with one attached hydrogen (secondary N) is 2. The summed E-state index contributed by atoms with van der Waals surface area (Å²) >= 11 is 0. The van der Waals surface area contributed by atoms with Gasteiger partial charge in [0.2, 0.25) is 0 Å². The maximum absolute atomic E-state index is 12.6. The average molecular weight is 369 g/mol. The van der Waals surface area contributed by atoms with Crippen molar-refractivity contribution in [2.45, 2.75) is 25.7 Å². The first-order valence-electron chi connectivity index (χ1n) is 9.26. The molecule has 0 spiro atoms. The van der Waals surface area contributed by atoms with Gasteiger partial charge in [-0.1, -0.05) is 18.2 Å². The number of allylic oxidation sites excluding steroid dienone is 2. The SMILES string of the molecule is N#Cc1cnc(C(=O)Nc2ccc(-c3ccccn3)cc2C2=CCCCC2)[nH]1. The van der Waals surface area contributed by atoms with Gasteiger partial charge in [0.05, 0.1) is 11.9 Å². The number of hydrogen-bond donors (Lipinski definition) is 2. The van der Waals surface area contributed by atoms with Crippen LogP contribution in [0.2, 0.25) is 0 Å². The Balaban J connectivity index is 1.70. The second-order valence-electron chi connectivity index (χ2n) is 6.66. The molecule has 0 saturated carbocycles. The van der Waals surface area contributed by atoms with Gasteiger partial charge in [0.1, 0.15) is 11.8 Å². The minimum atomic E-state index is -0.371. The van der Waals surface area contributed by atoms with Crippen molar-refractivity contribution in [3.63, 3.8) is 0 Å². The van der Waals surface area contributed by atoms with Gasteiger partial charge in [0, 0.05) is 23.0 Å². The molecule has 2 N–H and O–H groups in total. The summed E-state index contributed by atoms with van der Waals surface area (Å²) in [5.74, 6) is -0.251. The summed E-state index contributed by atoms with van der Waals surface area (Å²) < 4.78 is 0. The van der Waals surface area contributed by atoms with Gasteiger partial charge in [0.25, 0.3) is 5.91 Å². The second kappa shape index (κ2) is 7.89. The maximum Gasteiger partial charge on any atom is 0.291 e. The lowest BCUT2D eigenvalue weighted by Crippen LogP contribution is -2.15. The van der Waals surface area contributed by atoms with Gasteiger partial charge >= 0.3 is 0 Å². The predicted octanol–water partition coefficient (Wildman–Crippen LogP) is 4.55. The molecule has 4 rings (SSSR count). The third-order valence-corrected chi connectivity index (χ3v) is 4.78. The van der Waals surface area contributed by atoms with Crippen molar-refractivity contribution in [2.24, 2.45) is 0 Å². The Morgan fingerprint density at radius 2 is 2.11 bits per heavy atom. The summed E-state index contributed by atoms with van der Waals surface area (Å²) in [5, 5.41) is 11.8. The monoisotopic (exact) mass is 369 g/mol. The van der Waals surface area contributed by atoms with Gasteiger partial charge in [-0.05, 0) is 55.5 Å². The van der Waals surface area contributed by atoms with Gasteiger partial charge in [-0.25, -0.2) is 4.98 Å². The maximum atomic E-state index is 12.6. The lowest BCUT2D eigenvalue weighted by Gasteiger charge is -2.18. The van der Waals surface area contributed by atoms with Crippen LogP contribution in [0.15, 0.2) is 54.9 Å². The van der Waals surface area contributed by atoms with E-state index < -0.39 is 0 Å². The van der Waals surface area contributed by atoms with Crippen LogP contribution in [0.25, 0.3) is 16.8 Å². The largest absolute Gasteiger partial charge is 0.326 e. The van der Waals surface area contributed by atoms with E-state index in [1.165, 1.54) is 18.2 Å². The minimum absolute atomic E-state index is 0.119. The molecule has 2 aromatic heterocycles. The highest BCUT2D eigenvalue weighted by Gasteiger charge is 2.17. The Morgan fingerprint density at radius 3 is 2.82 bits per heavy atom. The number of aromatic nitrogens is 3. The third kappa shape index (κ3) is 3.69. The smallest absolute Gasteiger partial charge is 0.291 e. The molecule has 1 aliphatic carbocycles. The molecule has 1 aliphatic rings. The standard InChI is InChI=1S/C22H19N5O/c23-13-17-14-25-21(26-17)22(28)27-20-10-9-16(19-8-4-5-11-24-19)12-18(20)15-6-2-1-3-7-15/h4-6,8-12,14H,1-3,7H2,(H,25,26)(H,27,28). The Hall–Kier alpha value is -3.72. The number of nitriles is 1. The van der Waals surface area contributed by atoms with Gasteiger partial charge in [0.15, 0.2) is 5.82 Å². The zero-order chi connectivity index (χ0) is 19.3. The molecule has 0 fully saturated rings. The fourth-order valence-corrected chi connectivity index (χ4v) is 3.37. The number of carbonyl (C=O) groups is 1. The van der Waals surface area contributed by atoms with Gasteiger partial charge in [-0.3, -0.25) is 9.78 Å². The van der Waals surface area contributed by atoms with Crippen LogP contribution in [-0.2, 0) is 0 Å². The molecule has 6 nitrogen and oxygen atoms in total. The van der Waals surface area contributed by atoms with E-state index in [-0.39, 0.29) is 17.4 Å². The molecule has 0 atom stereocenters. The molecule has 0 radical (unpaired) electrons. The highest BCUT2D eigenvalue weighted by atomic mass is 16.2. The van der Waals surface area contributed by atoms with E-state index >= 15 is 0 Å². The number of aromatic amines is 1. The normalized spacial score (nSPS) is 13.5. The molecule has 138 valence electrons. The number of nitrogens with zero attached hydrogens (tertiary/aromatic N) is 3. The molecule has 6 heteroatoms. The summed E-state index contributed by atoms with van der Waals surface area (Å²) in [7, 11) is 0. The molecule has 0 unspecified atom stereocenters. The highest BCUT2D eigenvalue weighted by molar-refractivity contribution is 6.03. The number of H-pyrrole nitrogens is 1. The van der Waals surface area contributed by atoms with E-state index in [1.54, 1.807) is 6.20 Å². The molecule has 0 bridgehead atoms. The summed E-state index contributed by atoms with van der Waals surface area (Å²) in [6.45, 7) is 0. The molecule has 2 heterocycles. The van der Waals surface area contributed by atoms with Crippen molar-refractivity contribution in [1.29, 1.82) is 5.26 Å². The fraction of sp³-hybridized carbons (Fsp3) is 0.182. The first-order valence-corrected chi connectivity index (χ1v) is 9.26. The zero-order valence-electron chi connectivity index (χ0n) is 15.3. The quantitative estimate of drug-likeness (QED) is 0.705. The van der Waals surface area contributed by atoms with Crippen molar-refractivity contribution in [1.82, 2.24) is 15.0 Å². The number of benzene rings is 1. The van der Waals surface area contributed by atoms with Crippen LogP contribution in [-0.4, -0.2) is 20.9 Å². The number of hydrogen-bond acceptors (Lipinski definition) is 4. The lowest BCUT2D eigenvalue weighted by atomic mass is 9.91. The number of carbonyl (C=O) groups excluding carboxylic acids is 1. The van der Waals surface area contributed by atoms with Crippen LogP contribution in [0.5, 0.6) is 0 Å². The van der Waals surface area contributed by atoms with E-state index in [0.717, 1.165) is 41.8 Å². The topological polar surface area (TPSA) is 94.5 Å². The molecule has 1 aromatic carbocycles. The second-order valence-corrected chi connectivity index (χ2v) is 6.66. The number of pyridine rings is 1. The lowest BCUT2D eigenvalue weighted by molar-refractivity contribution is 0.101. The minimum Gasteiger partial charge on any atom is -0.326 e. The summed E-state index contributed by atoms with van der Waals surface area (Å²) in [4.78, 5) is 23.7. The van der Waals surface area contributed by atoms with Crippen LogP contribution < -0.4 is 5.32 Å². The molecule has 28 heavy (non-hydrogen) atoms. The Labute approximate surface area is 163 Å². The van der Waals surface area contributed by atoms with Gasteiger partial charge in [-0.2, -0.15) is 5.26 Å². The van der Waals surface area contributed by atoms with E-state index in [0.29, 0.717) is 0 Å². The first-order chi connectivity index (χ1) is 13.7. The van der Waals surface area contributed by atoms with Crippen molar-refractivity contribution < 1.29 is 4.79 Å². The first kappa shape index (κ1) is 17.7. The van der Waals surface area contributed by atoms with Crippen molar-refractivity contribution in [3.8, 4) is 17.3 Å². The predicted molar refractivity (Wildman–Crippen MR) is 107 cm³/mol. The van der Waals surface area contributed by atoms with Crippen LogP contribution >= 0.6 is 0 Å². The number of amides is 1. The molecular weight excluding hydrogens is 350 g/mol. The van der Waals surface area contributed by atoms with Crippen LogP contribution in [0.4, 0.5) is 5.69 Å². The number of anilines is 1. The fourth-order valence-electron chi connectivity index (χ4n) is 3.37. The van der Waals surface area contributed by atoms with Crippen LogP contribution in [0, 0.1) is 11.3 Å². The molecule has 1 amide bonds. The summed E-state index contributed by atoms with van der Waals surface area (Å²) in [5.41, 5.74) is 5.12. The van der Waals surface area contributed by atoms with Gasteiger partial charge < -0.3 is 10.3 Å². The molecule has 0 aliphatic heterocycles. The van der Waals surface area contributed by atoms with Crippen molar-refractivity contribution in [3.05, 3.63) is 71.9 Å². The molecule has 3 aromatic rings. The van der Waals surface area contributed by atoms with Crippen molar-refractivity contribution in [2.75, 3.05) is 5.32 Å². The number of imidazole rings is 1. The van der Waals surface area contributed by atoms with Crippen molar-refractivity contribution >= 4 is 17.2 Å². The zero-order valence-corrected chi connectivity index (χ0v) is 15.3. The molecular formula is C22H19N5O. The van der Waals surface area contributed by atoms with E-state index in [1.807, 2.05) is 36.4 Å². The van der Waals surface area contributed by atoms with Crippen LogP contribution in [0.3, 0.4) is 0 Å². The third-order valence-electron chi connectivity index (χ3n) is 4.78. The van der Waals surface area contributed by atoms with E-state index in [9.17, 15) is 4.79 Å². The molecule has 0 saturated heterocycles. The summed E-state index contributed by atoms with van der Waals surface area (Å²) in [6.07, 6.45) is 9.72. The van der Waals surface area contributed by atoms with E-state index in [4.69, 9.17) is 5.26 Å². The Kier molecular flexibility index (Phi) is 4.98. The Bertz CT molecular complexity index is 1080. The van der Waals surface area contributed by atoms with E-state index in [2.05, 4.69) is 32.4 Å². The number of rotatable bonds is 4. The highest BCUT2D eigenvalue weighted by Crippen LogP contribution is 2.34. The average Bonchev–Trinajstić information content (AvgIpc) is 3.25. The van der Waals surface area contributed by atoms with Gasteiger partial charge in [-0.15, -0.1) is 0 Å². The van der Waals surface area contributed by atoms with Crippen LogP contribution in [0.1, 0.15) is 47.6 Å². The summed E-state index contributed by atoms with van der Waals surface area (Å²) in [6, 6.07) is 13.7. The Morgan fingerprint density at radius 1 is 1.18 bits per heavy atom.